The summed E-state index contributed by atoms with van der Waals surface area (Å²) in [6, 6.07) is 14.0. The van der Waals surface area contributed by atoms with Gasteiger partial charge >= 0.3 is 0 Å². The molecule has 0 bridgehead atoms. The van der Waals surface area contributed by atoms with E-state index in [1.807, 2.05) is 42.6 Å². The van der Waals surface area contributed by atoms with Gasteiger partial charge in [0.2, 0.25) is 0 Å². The lowest BCUT2D eigenvalue weighted by Crippen LogP contribution is -2.08. The van der Waals surface area contributed by atoms with E-state index in [1.54, 1.807) is 0 Å². The SMILES string of the molecule is N#CCOc1ccc(NC2CCc3cccnc32)cc1. The summed E-state index contributed by atoms with van der Waals surface area (Å²) < 4.78 is 5.24. The van der Waals surface area contributed by atoms with E-state index in [0.29, 0.717) is 5.75 Å². The molecule has 0 amide bonds. The largest absolute Gasteiger partial charge is 0.479 e. The average Bonchev–Trinajstić information content (AvgIpc) is 2.90. The van der Waals surface area contributed by atoms with E-state index in [2.05, 4.69) is 16.4 Å². The van der Waals surface area contributed by atoms with Crippen LogP contribution >= 0.6 is 0 Å². The quantitative estimate of drug-likeness (QED) is 0.923. The minimum Gasteiger partial charge on any atom is -0.479 e. The third-order valence-corrected chi connectivity index (χ3v) is 3.46. The van der Waals surface area contributed by atoms with Crippen molar-refractivity contribution in [3.05, 3.63) is 53.9 Å². The van der Waals surface area contributed by atoms with Gasteiger partial charge in [0.25, 0.3) is 0 Å². The topological polar surface area (TPSA) is 57.9 Å². The first-order chi connectivity index (χ1) is 9.86. The van der Waals surface area contributed by atoms with Gasteiger partial charge in [-0.05, 0) is 48.7 Å². The Morgan fingerprint density at radius 1 is 1.30 bits per heavy atom. The number of nitrogens with one attached hydrogen (secondary N) is 1. The van der Waals surface area contributed by atoms with Crippen LogP contribution in [0, 0.1) is 11.3 Å². The molecule has 1 aromatic carbocycles. The fourth-order valence-corrected chi connectivity index (χ4v) is 2.52. The maximum absolute atomic E-state index is 8.47. The van der Waals surface area contributed by atoms with Crippen molar-refractivity contribution < 1.29 is 4.74 Å². The Bertz CT molecular complexity index is 631. The lowest BCUT2D eigenvalue weighted by Gasteiger charge is -2.14. The number of nitriles is 1. The van der Waals surface area contributed by atoms with Crippen molar-refractivity contribution in [3.63, 3.8) is 0 Å². The number of fused-ring (bicyclic) bond motifs is 1. The van der Waals surface area contributed by atoms with Gasteiger partial charge in [-0.2, -0.15) is 5.26 Å². The van der Waals surface area contributed by atoms with Crippen LogP contribution in [0.4, 0.5) is 5.69 Å². The van der Waals surface area contributed by atoms with Gasteiger partial charge in [-0.25, -0.2) is 0 Å². The zero-order chi connectivity index (χ0) is 13.8. The highest BCUT2D eigenvalue weighted by Gasteiger charge is 2.23. The summed E-state index contributed by atoms with van der Waals surface area (Å²) in [6.45, 7) is 0.0761. The summed E-state index contributed by atoms with van der Waals surface area (Å²) in [5.74, 6) is 0.710. The summed E-state index contributed by atoms with van der Waals surface area (Å²) in [5, 5.41) is 12.0. The van der Waals surface area contributed by atoms with Crippen molar-refractivity contribution in [2.75, 3.05) is 11.9 Å². The number of rotatable bonds is 4. The number of benzene rings is 1. The maximum atomic E-state index is 8.47. The van der Waals surface area contributed by atoms with Crippen molar-refractivity contribution >= 4 is 5.69 Å². The molecule has 2 aromatic rings. The first kappa shape index (κ1) is 12.5. The van der Waals surface area contributed by atoms with E-state index in [1.165, 1.54) is 5.56 Å². The van der Waals surface area contributed by atoms with Crippen LogP contribution in [-0.4, -0.2) is 11.6 Å². The van der Waals surface area contributed by atoms with E-state index < -0.39 is 0 Å². The van der Waals surface area contributed by atoms with Gasteiger partial charge in [-0.1, -0.05) is 6.07 Å². The highest BCUT2D eigenvalue weighted by Crippen LogP contribution is 2.32. The molecule has 3 rings (SSSR count). The molecule has 4 nitrogen and oxygen atoms in total. The van der Waals surface area contributed by atoms with Gasteiger partial charge in [0.1, 0.15) is 11.8 Å². The minimum atomic E-state index is 0.0761. The van der Waals surface area contributed by atoms with Gasteiger partial charge in [0, 0.05) is 11.9 Å². The van der Waals surface area contributed by atoms with Crippen molar-refractivity contribution in [2.24, 2.45) is 0 Å². The van der Waals surface area contributed by atoms with Crippen LogP contribution in [0.15, 0.2) is 42.6 Å². The van der Waals surface area contributed by atoms with Crippen molar-refractivity contribution in [1.29, 1.82) is 5.26 Å². The van der Waals surface area contributed by atoms with Crippen molar-refractivity contribution in [3.8, 4) is 11.8 Å². The second-order valence-electron chi connectivity index (χ2n) is 4.75. The lowest BCUT2D eigenvalue weighted by atomic mass is 10.2. The number of nitrogens with zero attached hydrogens (tertiary/aromatic N) is 2. The van der Waals surface area contributed by atoms with E-state index in [4.69, 9.17) is 10.00 Å². The zero-order valence-electron chi connectivity index (χ0n) is 11.0. The van der Waals surface area contributed by atoms with Crippen LogP contribution < -0.4 is 10.1 Å². The van der Waals surface area contributed by atoms with E-state index >= 15 is 0 Å². The fourth-order valence-electron chi connectivity index (χ4n) is 2.52. The Hall–Kier alpha value is -2.54. The molecule has 1 heterocycles. The molecular weight excluding hydrogens is 250 g/mol. The predicted molar refractivity (Wildman–Crippen MR) is 76.5 cm³/mol. The summed E-state index contributed by atoms with van der Waals surface area (Å²) in [7, 11) is 0. The number of aromatic nitrogens is 1. The van der Waals surface area contributed by atoms with Gasteiger partial charge < -0.3 is 10.1 Å². The third kappa shape index (κ3) is 2.57. The molecule has 1 unspecified atom stereocenters. The van der Waals surface area contributed by atoms with Crippen LogP contribution in [-0.2, 0) is 6.42 Å². The molecule has 0 saturated heterocycles. The maximum Gasteiger partial charge on any atom is 0.174 e. The molecule has 0 fully saturated rings. The second-order valence-corrected chi connectivity index (χ2v) is 4.75. The predicted octanol–water partition coefficient (Wildman–Crippen LogP) is 3.08. The Labute approximate surface area is 118 Å². The zero-order valence-corrected chi connectivity index (χ0v) is 11.0. The standard InChI is InChI=1S/C16H15N3O/c17-9-11-20-14-6-4-13(5-7-14)19-15-8-3-12-2-1-10-18-16(12)15/h1-2,4-7,10,15,19H,3,8,11H2. The molecule has 0 radical (unpaired) electrons. The highest BCUT2D eigenvalue weighted by atomic mass is 16.5. The molecule has 100 valence electrons. The molecule has 4 heteroatoms. The summed E-state index contributed by atoms with van der Waals surface area (Å²) in [5.41, 5.74) is 3.52. The number of anilines is 1. The molecule has 20 heavy (non-hydrogen) atoms. The van der Waals surface area contributed by atoms with Crippen LogP contribution in [0.2, 0.25) is 0 Å². The first-order valence-electron chi connectivity index (χ1n) is 6.67. The molecule has 1 aromatic heterocycles. The molecule has 1 aliphatic rings. The van der Waals surface area contributed by atoms with Crippen LogP contribution in [0.1, 0.15) is 23.7 Å². The Balaban J connectivity index is 1.69. The van der Waals surface area contributed by atoms with Gasteiger partial charge in [-0.15, -0.1) is 0 Å². The van der Waals surface area contributed by atoms with Crippen LogP contribution in [0.5, 0.6) is 5.75 Å². The Morgan fingerprint density at radius 2 is 2.15 bits per heavy atom. The number of pyridine rings is 1. The number of hydrogen-bond acceptors (Lipinski definition) is 4. The van der Waals surface area contributed by atoms with Crippen LogP contribution in [0.3, 0.4) is 0 Å². The molecule has 0 aliphatic heterocycles. The number of ether oxygens (including phenoxy) is 1. The molecule has 0 saturated carbocycles. The molecule has 1 N–H and O–H groups in total. The first-order valence-corrected chi connectivity index (χ1v) is 6.67. The fraction of sp³-hybridized carbons (Fsp3) is 0.250. The van der Waals surface area contributed by atoms with Gasteiger partial charge in [0.05, 0.1) is 11.7 Å². The minimum absolute atomic E-state index is 0.0761. The Kier molecular flexibility index (Phi) is 3.51. The van der Waals surface area contributed by atoms with Crippen molar-refractivity contribution in [1.82, 2.24) is 4.98 Å². The summed E-state index contributed by atoms with van der Waals surface area (Å²) >= 11 is 0. The summed E-state index contributed by atoms with van der Waals surface area (Å²) in [4.78, 5) is 4.47. The number of aryl methyl sites for hydroxylation is 1. The normalized spacial score (nSPS) is 16.2. The smallest absolute Gasteiger partial charge is 0.174 e. The lowest BCUT2D eigenvalue weighted by molar-refractivity contribution is 0.368. The summed E-state index contributed by atoms with van der Waals surface area (Å²) in [6.07, 6.45) is 3.99. The molecule has 0 spiro atoms. The highest BCUT2D eigenvalue weighted by molar-refractivity contribution is 5.49. The van der Waals surface area contributed by atoms with Gasteiger partial charge in [-0.3, -0.25) is 4.98 Å². The van der Waals surface area contributed by atoms with Gasteiger partial charge in [0.15, 0.2) is 6.61 Å². The number of hydrogen-bond donors (Lipinski definition) is 1. The van der Waals surface area contributed by atoms with Crippen LogP contribution in [0.25, 0.3) is 0 Å². The second kappa shape index (κ2) is 5.62. The monoisotopic (exact) mass is 265 g/mol. The van der Waals surface area contributed by atoms with E-state index in [0.717, 1.165) is 24.2 Å². The average molecular weight is 265 g/mol. The van der Waals surface area contributed by atoms with E-state index in [-0.39, 0.29) is 12.6 Å². The third-order valence-electron chi connectivity index (χ3n) is 3.46. The van der Waals surface area contributed by atoms with E-state index in [9.17, 15) is 0 Å². The Morgan fingerprint density at radius 3 is 2.95 bits per heavy atom. The molecular formula is C16H15N3O. The van der Waals surface area contributed by atoms with Crippen molar-refractivity contribution in [2.45, 2.75) is 18.9 Å². The molecule has 1 atom stereocenters. The molecule has 1 aliphatic carbocycles.